The second kappa shape index (κ2) is 9.18. The summed E-state index contributed by atoms with van der Waals surface area (Å²) in [6, 6.07) is 12.6. The maximum atomic E-state index is 14.8. The maximum absolute atomic E-state index is 14.8. The number of hydrogen-bond donors (Lipinski definition) is 1. The van der Waals surface area contributed by atoms with Gasteiger partial charge in [0.05, 0.1) is 28.7 Å². The molecule has 1 amide bonds. The standard InChI is InChI=1S/C24H19F4N5O.ClH/c25-18-5-2-6-19-21(18)22(16-12-32(13-16)23(34)15-7-8-30-20(29)10-15)31-33(19)11-14-3-1-4-17(9-14)24(26,27)28;/h1-10,16H,11-13H2,(H2,29,30);1H. The number of pyridine rings is 1. The molecule has 0 aliphatic carbocycles. The van der Waals surface area contributed by atoms with Crippen molar-refractivity contribution in [3.05, 3.63) is 89.0 Å². The number of likely N-dealkylation sites (tertiary alicyclic amines) is 1. The molecule has 0 spiro atoms. The third-order valence-corrected chi connectivity index (χ3v) is 5.92. The number of nitrogen functional groups attached to an aromatic ring is 1. The minimum atomic E-state index is -4.46. The van der Waals surface area contributed by atoms with E-state index >= 15 is 0 Å². The van der Waals surface area contributed by atoms with Crippen LogP contribution in [0.5, 0.6) is 0 Å². The van der Waals surface area contributed by atoms with E-state index in [1.54, 1.807) is 23.1 Å². The first-order valence-electron chi connectivity index (χ1n) is 10.5. The molecule has 0 atom stereocenters. The van der Waals surface area contributed by atoms with Crippen molar-refractivity contribution >= 4 is 35.0 Å². The first kappa shape index (κ1) is 24.5. The van der Waals surface area contributed by atoms with Crippen molar-refractivity contribution in [3.63, 3.8) is 0 Å². The number of carbonyl (C=O) groups excluding carboxylic acids is 1. The number of nitrogens with zero attached hydrogens (tertiary/aromatic N) is 4. The van der Waals surface area contributed by atoms with Gasteiger partial charge in [-0.05, 0) is 42.0 Å². The van der Waals surface area contributed by atoms with E-state index < -0.39 is 17.6 Å². The molecule has 1 fully saturated rings. The number of anilines is 1. The highest BCUT2D eigenvalue weighted by Gasteiger charge is 2.36. The SMILES string of the molecule is Cl.Nc1cc(C(=O)N2CC(c3nn(Cc4cccc(C(F)(F)F)c4)c4cccc(F)c34)C2)ccn1. The number of rotatable bonds is 4. The summed E-state index contributed by atoms with van der Waals surface area (Å²) in [6.45, 7) is 0.728. The van der Waals surface area contributed by atoms with E-state index in [1.807, 2.05) is 0 Å². The van der Waals surface area contributed by atoms with Crippen molar-refractivity contribution < 1.29 is 22.4 Å². The molecule has 0 saturated carbocycles. The number of alkyl halides is 3. The first-order valence-corrected chi connectivity index (χ1v) is 10.5. The van der Waals surface area contributed by atoms with Crippen LogP contribution < -0.4 is 5.73 Å². The lowest BCUT2D eigenvalue weighted by Crippen LogP contribution is -2.48. The Morgan fingerprint density at radius 3 is 2.54 bits per heavy atom. The van der Waals surface area contributed by atoms with Gasteiger partial charge in [0.25, 0.3) is 5.91 Å². The third-order valence-electron chi connectivity index (χ3n) is 5.92. The van der Waals surface area contributed by atoms with E-state index in [0.29, 0.717) is 40.8 Å². The van der Waals surface area contributed by atoms with Crippen LogP contribution in [0.15, 0.2) is 60.8 Å². The summed E-state index contributed by atoms with van der Waals surface area (Å²) in [4.78, 5) is 18.2. The number of hydrogen-bond acceptors (Lipinski definition) is 4. The molecule has 1 saturated heterocycles. The zero-order valence-electron chi connectivity index (χ0n) is 18.2. The van der Waals surface area contributed by atoms with Crippen molar-refractivity contribution in [3.8, 4) is 0 Å². The molecule has 6 nitrogen and oxygen atoms in total. The Kier molecular flexibility index (Phi) is 6.42. The smallest absolute Gasteiger partial charge is 0.384 e. The molecule has 0 unspecified atom stereocenters. The molecule has 2 aromatic heterocycles. The van der Waals surface area contributed by atoms with Gasteiger partial charge in [-0.2, -0.15) is 18.3 Å². The van der Waals surface area contributed by atoms with Gasteiger partial charge in [0.15, 0.2) is 0 Å². The molecule has 0 radical (unpaired) electrons. The quantitative estimate of drug-likeness (QED) is 0.401. The third kappa shape index (κ3) is 4.66. The van der Waals surface area contributed by atoms with Crippen molar-refractivity contribution in [1.29, 1.82) is 0 Å². The van der Waals surface area contributed by atoms with Crippen molar-refractivity contribution in [2.45, 2.75) is 18.6 Å². The number of carbonyl (C=O) groups is 1. The summed E-state index contributed by atoms with van der Waals surface area (Å²) >= 11 is 0. The van der Waals surface area contributed by atoms with Gasteiger partial charge in [0.1, 0.15) is 11.6 Å². The largest absolute Gasteiger partial charge is 0.416 e. The molecule has 0 bridgehead atoms. The van der Waals surface area contributed by atoms with E-state index in [9.17, 15) is 22.4 Å². The van der Waals surface area contributed by atoms with Gasteiger partial charge in [0, 0.05) is 30.8 Å². The van der Waals surface area contributed by atoms with Crippen molar-refractivity contribution in [2.75, 3.05) is 18.8 Å². The second-order valence-electron chi connectivity index (χ2n) is 8.25. The summed E-state index contributed by atoms with van der Waals surface area (Å²) in [7, 11) is 0. The van der Waals surface area contributed by atoms with Crippen LogP contribution in [0.1, 0.15) is 33.1 Å². The molecule has 4 aromatic rings. The van der Waals surface area contributed by atoms with E-state index in [4.69, 9.17) is 5.73 Å². The fraction of sp³-hybridized carbons (Fsp3) is 0.208. The lowest BCUT2D eigenvalue weighted by molar-refractivity contribution is -0.137. The Morgan fingerprint density at radius 2 is 1.83 bits per heavy atom. The molecule has 2 N–H and O–H groups in total. The Hall–Kier alpha value is -3.66. The summed E-state index contributed by atoms with van der Waals surface area (Å²) in [5.41, 5.74) is 6.68. The molecule has 11 heteroatoms. The number of fused-ring (bicyclic) bond motifs is 1. The minimum Gasteiger partial charge on any atom is -0.384 e. The van der Waals surface area contributed by atoms with Crippen LogP contribution >= 0.6 is 12.4 Å². The molecule has 1 aliphatic rings. The van der Waals surface area contributed by atoms with Crippen LogP contribution in [0.2, 0.25) is 0 Å². The van der Waals surface area contributed by atoms with Gasteiger partial charge in [0.2, 0.25) is 0 Å². The van der Waals surface area contributed by atoms with Gasteiger partial charge in [-0.3, -0.25) is 9.48 Å². The molecule has 5 rings (SSSR count). The van der Waals surface area contributed by atoms with E-state index in [2.05, 4.69) is 10.1 Å². The highest BCUT2D eigenvalue weighted by molar-refractivity contribution is 5.95. The van der Waals surface area contributed by atoms with Crippen LogP contribution in [0, 0.1) is 5.82 Å². The lowest BCUT2D eigenvalue weighted by Gasteiger charge is -2.38. The average molecular weight is 506 g/mol. The zero-order valence-corrected chi connectivity index (χ0v) is 19.0. The van der Waals surface area contributed by atoms with Crippen molar-refractivity contribution in [1.82, 2.24) is 19.7 Å². The Balaban J connectivity index is 0.00000289. The lowest BCUT2D eigenvalue weighted by atomic mass is 9.93. The summed E-state index contributed by atoms with van der Waals surface area (Å²) in [5.74, 6) is -0.636. The van der Waals surface area contributed by atoms with E-state index in [1.165, 1.54) is 35.1 Å². The molecular weight excluding hydrogens is 486 g/mol. The summed E-state index contributed by atoms with van der Waals surface area (Å²) in [5, 5.41) is 4.89. The molecule has 2 aromatic carbocycles. The number of benzene rings is 2. The van der Waals surface area contributed by atoms with Crippen molar-refractivity contribution in [2.24, 2.45) is 0 Å². The van der Waals surface area contributed by atoms with Crippen LogP contribution in [-0.2, 0) is 12.7 Å². The van der Waals surface area contributed by atoms with Crippen LogP contribution in [0.4, 0.5) is 23.4 Å². The number of nitrogens with two attached hydrogens (primary N) is 1. The maximum Gasteiger partial charge on any atom is 0.416 e. The number of amides is 1. The van der Waals surface area contributed by atoms with E-state index in [-0.39, 0.29) is 36.6 Å². The molecule has 182 valence electrons. The Labute approximate surface area is 203 Å². The van der Waals surface area contributed by atoms with Crippen LogP contribution in [-0.4, -0.2) is 38.7 Å². The Morgan fingerprint density at radius 1 is 1.09 bits per heavy atom. The predicted octanol–water partition coefficient (Wildman–Crippen LogP) is 4.88. The summed E-state index contributed by atoms with van der Waals surface area (Å²) < 4.78 is 55.6. The predicted molar refractivity (Wildman–Crippen MR) is 125 cm³/mol. The highest BCUT2D eigenvalue weighted by Crippen LogP contribution is 2.35. The van der Waals surface area contributed by atoms with Gasteiger partial charge in [-0.1, -0.05) is 18.2 Å². The Bertz CT molecular complexity index is 1400. The van der Waals surface area contributed by atoms with Gasteiger partial charge in [-0.25, -0.2) is 9.37 Å². The molecule has 3 heterocycles. The normalized spacial score (nSPS) is 14.0. The monoisotopic (exact) mass is 505 g/mol. The number of halogens is 5. The molecule has 1 aliphatic heterocycles. The van der Waals surface area contributed by atoms with Gasteiger partial charge < -0.3 is 10.6 Å². The first-order chi connectivity index (χ1) is 16.2. The second-order valence-corrected chi connectivity index (χ2v) is 8.25. The van der Waals surface area contributed by atoms with E-state index in [0.717, 1.165) is 12.1 Å². The van der Waals surface area contributed by atoms with Crippen LogP contribution in [0.25, 0.3) is 10.9 Å². The molecular formula is C24H20ClF4N5O. The fourth-order valence-corrected chi connectivity index (χ4v) is 4.22. The fourth-order valence-electron chi connectivity index (χ4n) is 4.22. The van der Waals surface area contributed by atoms with Gasteiger partial charge in [-0.15, -0.1) is 12.4 Å². The zero-order chi connectivity index (χ0) is 24.0. The number of aromatic nitrogens is 3. The summed E-state index contributed by atoms with van der Waals surface area (Å²) in [6.07, 6.45) is -3.00. The average Bonchev–Trinajstić information content (AvgIpc) is 3.11. The molecule has 35 heavy (non-hydrogen) atoms. The van der Waals surface area contributed by atoms with Crippen LogP contribution in [0.3, 0.4) is 0 Å². The highest BCUT2D eigenvalue weighted by atomic mass is 35.5. The van der Waals surface area contributed by atoms with Gasteiger partial charge >= 0.3 is 6.18 Å². The topological polar surface area (TPSA) is 77.0 Å². The minimum absolute atomic E-state index is 0.